The highest BCUT2D eigenvalue weighted by molar-refractivity contribution is 5.94. The van der Waals surface area contributed by atoms with Crippen molar-refractivity contribution < 1.29 is 9.50 Å². The van der Waals surface area contributed by atoms with Gasteiger partial charge in [0.1, 0.15) is 11.4 Å². The zero-order valence-electron chi connectivity index (χ0n) is 10.6. The fourth-order valence-corrected chi connectivity index (χ4v) is 2.16. The molecule has 0 spiro atoms. The van der Waals surface area contributed by atoms with Crippen LogP contribution in [0.1, 0.15) is 0 Å². The third-order valence-electron chi connectivity index (χ3n) is 3.02. The molecule has 0 aliphatic carbocycles. The zero-order valence-corrected chi connectivity index (χ0v) is 10.6. The molecule has 6 heteroatoms. The molecular weight excluding hydrogens is 259 g/mol. The first-order valence-corrected chi connectivity index (χ1v) is 6.18. The Balaban J connectivity index is 2.07. The molecule has 0 unspecified atom stereocenters. The average molecular weight is 272 g/mol. The Morgan fingerprint density at radius 3 is 2.25 bits per heavy atom. The first kappa shape index (κ1) is 12.4. The van der Waals surface area contributed by atoms with Crippen LogP contribution in [0, 0.1) is 5.82 Å². The molecule has 0 saturated heterocycles. The van der Waals surface area contributed by atoms with E-state index >= 15 is 0 Å². The van der Waals surface area contributed by atoms with Crippen LogP contribution in [0.5, 0.6) is 5.75 Å². The van der Waals surface area contributed by atoms with E-state index in [9.17, 15) is 9.50 Å². The van der Waals surface area contributed by atoms with Crippen LogP contribution < -0.4 is 9.80 Å². The van der Waals surface area contributed by atoms with E-state index in [0.29, 0.717) is 24.5 Å². The number of hydrogen-bond donors (Lipinski definition) is 1. The number of halogens is 1. The van der Waals surface area contributed by atoms with Gasteiger partial charge >= 0.3 is 0 Å². The number of rotatable bonds is 2. The number of aromatic hydroxyl groups is 1. The maximum absolute atomic E-state index is 14.3. The summed E-state index contributed by atoms with van der Waals surface area (Å²) in [5.74, 6) is -0.613. The fourth-order valence-electron chi connectivity index (χ4n) is 2.16. The van der Waals surface area contributed by atoms with E-state index in [4.69, 9.17) is 0 Å². The first-order valence-electron chi connectivity index (χ1n) is 6.18. The van der Waals surface area contributed by atoms with Gasteiger partial charge in [-0.3, -0.25) is 0 Å². The van der Waals surface area contributed by atoms with Crippen LogP contribution in [0.25, 0.3) is 0 Å². The van der Waals surface area contributed by atoms with Crippen molar-refractivity contribution >= 4 is 24.1 Å². The summed E-state index contributed by atoms with van der Waals surface area (Å²) in [6, 6.07) is 2.62. The number of benzene rings is 1. The lowest BCUT2D eigenvalue weighted by Gasteiger charge is -2.28. The van der Waals surface area contributed by atoms with Crippen LogP contribution in [0.2, 0.25) is 0 Å². The summed E-state index contributed by atoms with van der Waals surface area (Å²) in [7, 11) is 0. The number of phenolic OH excluding ortho intramolecular Hbond substituents is 1. The predicted molar refractivity (Wildman–Crippen MR) is 78.0 cm³/mol. The summed E-state index contributed by atoms with van der Waals surface area (Å²) in [5.41, 5.74) is 0.926. The highest BCUT2D eigenvalue weighted by atomic mass is 19.1. The number of nitrogens with zero attached hydrogens (tertiary/aromatic N) is 4. The Labute approximate surface area is 115 Å². The second-order valence-corrected chi connectivity index (χ2v) is 4.40. The number of phenols is 1. The van der Waals surface area contributed by atoms with Gasteiger partial charge in [0.25, 0.3) is 0 Å². The third kappa shape index (κ3) is 2.27. The quantitative estimate of drug-likeness (QED) is 0.898. The zero-order chi connectivity index (χ0) is 13.9. The van der Waals surface area contributed by atoms with Crippen LogP contribution in [0.15, 0.2) is 46.7 Å². The van der Waals surface area contributed by atoms with Crippen molar-refractivity contribution in [3.05, 3.63) is 42.5 Å². The van der Waals surface area contributed by atoms with Crippen LogP contribution >= 0.6 is 0 Å². The lowest BCUT2D eigenvalue weighted by atomic mass is 10.2. The number of aliphatic imine (C=N–C) groups is 2. The van der Waals surface area contributed by atoms with Crippen LogP contribution in [-0.2, 0) is 0 Å². The molecule has 1 aromatic carbocycles. The molecule has 2 aliphatic rings. The Morgan fingerprint density at radius 1 is 1.00 bits per heavy atom. The summed E-state index contributed by atoms with van der Waals surface area (Å²) >= 11 is 0. The van der Waals surface area contributed by atoms with E-state index in [1.807, 2.05) is 12.2 Å². The Kier molecular flexibility index (Phi) is 3.20. The minimum Gasteiger partial charge on any atom is -0.508 e. The monoisotopic (exact) mass is 272 g/mol. The van der Waals surface area contributed by atoms with E-state index in [2.05, 4.69) is 9.98 Å². The molecule has 102 valence electrons. The van der Waals surface area contributed by atoms with Crippen LogP contribution in [0.3, 0.4) is 0 Å². The molecule has 0 radical (unpaired) electrons. The molecule has 5 nitrogen and oxygen atoms in total. The molecule has 0 aromatic heterocycles. The maximum Gasteiger partial charge on any atom is 0.152 e. The topological polar surface area (TPSA) is 51.4 Å². The molecule has 0 bridgehead atoms. The van der Waals surface area contributed by atoms with Gasteiger partial charge in [-0.2, -0.15) is 0 Å². The van der Waals surface area contributed by atoms with Crippen molar-refractivity contribution in [2.45, 2.75) is 0 Å². The van der Waals surface area contributed by atoms with Crippen molar-refractivity contribution in [2.24, 2.45) is 9.98 Å². The lowest BCUT2D eigenvalue weighted by Crippen LogP contribution is -2.29. The van der Waals surface area contributed by atoms with Gasteiger partial charge < -0.3 is 14.9 Å². The van der Waals surface area contributed by atoms with Gasteiger partial charge in [-0.05, 0) is 12.2 Å². The van der Waals surface area contributed by atoms with Crippen molar-refractivity contribution in [1.82, 2.24) is 0 Å². The molecule has 2 aliphatic heterocycles. The second-order valence-electron chi connectivity index (χ2n) is 4.40. The normalized spacial score (nSPS) is 17.1. The van der Waals surface area contributed by atoms with Crippen molar-refractivity contribution in [1.29, 1.82) is 0 Å². The minimum absolute atomic E-state index is 0.117. The Bertz CT molecular complexity index is 636. The van der Waals surface area contributed by atoms with Gasteiger partial charge in [0.2, 0.25) is 0 Å². The largest absolute Gasteiger partial charge is 0.508 e. The highest BCUT2D eigenvalue weighted by Crippen LogP contribution is 2.35. The molecular formula is C14H13FN4O. The van der Waals surface area contributed by atoms with Crippen molar-refractivity contribution in [3.8, 4) is 5.75 Å². The summed E-state index contributed by atoms with van der Waals surface area (Å²) in [5, 5.41) is 9.65. The fraction of sp³-hybridized carbons (Fsp3) is 0.143. The summed E-state index contributed by atoms with van der Waals surface area (Å²) in [6.45, 7) is 1.10. The molecule has 2 heterocycles. The van der Waals surface area contributed by atoms with Crippen LogP contribution in [-0.4, -0.2) is 30.9 Å². The van der Waals surface area contributed by atoms with Crippen LogP contribution in [0.4, 0.5) is 15.8 Å². The summed E-state index contributed by atoms with van der Waals surface area (Å²) in [6.07, 6.45) is 10.2. The predicted octanol–water partition coefficient (Wildman–Crippen LogP) is 2.26. The number of hydrogen-bond acceptors (Lipinski definition) is 5. The van der Waals surface area contributed by atoms with Gasteiger partial charge in [-0.15, -0.1) is 0 Å². The van der Waals surface area contributed by atoms with E-state index in [1.54, 1.807) is 34.9 Å². The molecule has 1 aromatic rings. The van der Waals surface area contributed by atoms with Crippen molar-refractivity contribution in [2.75, 3.05) is 22.9 Å². The molecule has 0 fully saturated rings. The minimum atomic E-state index is -0.496. The second kappa shape index (κ2) is 5.16. The van der Waals surface area contributed by atoms with Gasteiger partial charge in [0, 0.05) is 37.6 Å². The molecule has 20 heavy (non-hydrogen) atoms. The van der Waals surface area contributed by atoms with Gasteiger partial charge in [-0.25, -0.2) is 14.4 Å². The van der Waals surface area contributed by atoms with Crippen molar-refractivity contribution in [3.63, 3.8) is 0 Å². The summed E-state index contributed by atoms with van der Waals surface area (Å²) in [4.78, 5) is 11.5. The average Bonchev–Trinajstić information content (AvgIpc) is 2.48. The molecule has 0 saturated carbocycles. The van der Waals surface area contributed by atoms with Gasteiger partial charge in [0.05, 0.1) is 18.4 Å². The highest BCUT2D eigenvalue weighted by Gasteiger charge is 2.20. The summed E-state index contributed by atoms with van der Waals surface area (Å²) < 4.78 is 14.3. The number of anilines is 2. The maximum atomic E-state index is 14.3. The molecule has 0 amide bonds. The third-order valence-corrected chi connectivity index (χ3v) is 3.02. The van der Waals surface area contributed by atoms with Gasteiger partial charge in [0.15, 0.2) is 5.82 Å². The van der Waals surface area contributed by atoms with E-state index in [-0.39, 0.29) is 5.75 Å². The standard InChI is InChI=1S/C14H13FN4O/c15-12-7-11(20)8-13(18-5-1-3-16-9-18)14(12)19-6-2-4-17-10-19/h1-4,7-10,20H,5-6H2. The Morgan fingerprint density at radius 2 is 1.65 bits per heavy atom. The van der Waals surface area contributed by atoms with Gasteiger partial charge in [-0.1, -0.05) is 0 Å². The molecule has 1 N–H and O–H groups in total. The van der Waals surface area contributed by atoms with E-state index < -0.39 is 5.82 Å². The lowest BCUT2D eigenvalue weighted by molar-refractivity contribution is 0.469. The molecule has 3 rings (SSSR count). The smallest absolute Gasteiger partial charge is 0.152 e. The van der Waals surface area contributed by atoms with E-state index in [1.165, 1.54) is 6.07 Å². The Hall–Kier alpha value is -2.63. The molecule has 0 atom stereocenters. The first-order chi connectivity index (χ1) is 9.75. The SMILES string of the molecule is Oc1cc(F)c(N2C=NC=CC2)c(N2C=NC=CC2)c1. The van der Waals surface area contributed by atoms with E-state index in [0.717, 1.165) is 6.07 Å².